The first-order valence-electron chi connectivity index (χ1n) is 6.47. The Hall–Kier alpha value is -1.53. The Morgan fingerprint density at radius 2 is 2.15 bits per heavy atom. The van der Waals surface area contributed by atoms with E-state index in [1.807, 2.05) is 11.8 Å². The number of nitrogens with one attached hydrogen (secondary N) is 1. The van der Waals surface area contributed by atoms with Crippen molar-refractivity contribution >= 4 is 23.1 Å². The van der Waals surface area contributed by atoms with Crippen LogP contribution in [0.25, 0.3) is 0 Å². The van der Waals surface area contributed by atoms with E-state index in [2.05, 4.69) is 5.32 Å². The number of nitrogens with zero attached hydrogens (tertiary/aromatic N) is 1. The lowest BCUT2D eigenvalue weighted by atomic mass is 10.1. The summed E-state index contributed by atoms with van der Waals surface area (Å²) >= 11 is 4.85. The smallest absolute Gasteiger partial charge is 0.234 e. The molecule has 0 aromatic heterocycles. The van der Waals surface area contributed by atoms with Gasteiger partial charge in [0.2, 0.25) is 5.91 Å². The number of thiocarbonyl (C=S) groups is 1. The Bertz CT molecular complexity index is 493. The molecule has 1 rings (SSSR count). The topological polar surface area (TPSA) is 58.4 Å². The molecule has 0 saturated carbocycles. The van der Waals surface area contributed by atoms with Gasteiger partial charge in [0.25, 0.3) is 0 Å². The van der Waals surface area contributed by atoms with Crippen LogP contribution in [0.4, 0.5) is 4.39 Å². The van der Waals surface area contributed by atoms with E-state index in [4.69, 9.17) is 18.0 Å². The second-order valence-electron chi connectivity index (χ2n) is 4.73. The molecule has 1 amide bonds. The molecule has 0 aliphatic heterocycles. The summed E-state index contributed by atoms with van der Waals surface area (Å²) < 4.78 is 13.5. The summed E-state index contributed by atoms with van der Waals surface area (Å²) in [7, 11) is 1.80. The number of hydrogen-bond donors (Lipinski definition) is 2. The number of carbonyl (C=O) groups is 1. The minimum Gasteiger partial charge on any atom is -0.389 e. The molecular weight excluding hydrogens is 277 g/mol. The van der Waals surface area contributed by atoms with E-state index in [0.29, 0.717) is 18.7 Å². The quantitative estimate of drug-likeness (QED) is 0.747. The van der Waals surface area contributed by atoms with E-state index in [9.17, 15) is 9.18 Å². The molecule has 0 heterocycles. The van der Waals surface area contributed by atoms with Gasteiger partial charge in [0.05, 0.1) is 6.54 Å². The molecule has 0 unspecified atom stereocenters. The zero-order valence-electron chi connectivity index (χ0n) is 11.8. The SMILES string of the molecule is CCCNC(=O)CN(C)Cc1cc(F)cc(C(N)=S)c1. The Morgan fingerprint density at radius 3 is 2.75 bits per heavy atom. The van der Waals surface area contributed by atoms with E-state index in [1.165, 1.54) is 12.1 Å². The lowest BCUT2D eigenvalue weighted by Crippen LogP contribution is -2.35. The maximum Gasteiger partial charge on any atom is 0.234 e. The third kappa shape index (κ3) is 5.63. The van der Waals surface area contributed by atoms with Crippen LogP contribution in [0.1, 0.15) is 24.5 Å². The third-order valence-electron chi connectivity index (χ3n) is 2.68. The molecule has 0 saturated heterocycles. The van der Waals surface area contributed by atoms with Crippen molar-refractivity contribution in [3.63, 3.8) is 0 Å². The first-order valence-corrected chi connectivity index (χ1v) is 6.87. The Balaban J connectivity index is 2.63. The fourth-order valence-electron chi connectivity index (χ4n) is 1.82. The first-order chi connectivity index (χ1) is 9.42. The molecule has 1 aromatic rings. The van der Waals surface area contributed by atoms with Crippen LogP contribution < -0.4 is 11.1 Å². The molecule has 20 heavy (non-hydrogen) atoms. The van der Waals surface area contributed by atoms with Gasteiger partial charge in [-0.3, -0.25) is 9.69 Å². The van der Waals surface area contributed by atoms with Crippen LogP contribution >= 0.6 is 12.2 Å². The lowest BCUT2D eigenvalue weighted by Gasteiger charge is -2.17. The summed E-state index contributed by atoms with van der Waals surface area (Å²) in [6.45, 7) is 3.37. The molecule has 0 fully saturated rings. The average Bonchev–Trinajstić information content (AvgIpc) is 2.35. The molecule has 0 bridgehead atoms. The van der Waals surface area contributed by atoms with E-state index < -0.39 is 0 Å². The summed E-state index contributed by atoms with van der Waals surface area (Å²) in [4.78, 5) is 13.5. The summed E-state index contributed by atoms with van der Waals surface area (Å²) in [6.07, 6.45) is 0.899. The van der Waals surface area contributed by atoms with Crippen LogP contribution in [0, 0.1) is 5.82 Å². The van der Waals surface area contributed by atoms with Gasteiger partial charge in [0, 0.05) is 18.7 Å². The largest absolute Gasteiger partial charge is 0.389 e. The van der Waals surface area contributed by atoms with Gasteiger partial charge in [-0.25, -0.2) is 4.39 Å². The van der Waals surface area contributed by atoms with E-state index >= 15 is 0 Å². The standard InChI is InChI=1S/C14H20FN3OS/c1-3-4-17-13(19)9-18(2)8-10-5-11(14(16)20)7-12(15)6-10/h5-7H,3-4,8-9H2,1-2H3,(H2,16,20)(H,17,19). The van der Waals surface area contributed by atoms with Crippen molar-refractivity contribution in [2.24, 2.45) is 5.73 Å². The van der Waals surface area contributed by atoms with Gasteiger partial charge in [0.15, 0.2) is 0 Å². The minimum absolute atomic E-state index is 0.0414. The van der Waals surface area contributed by atoms with Crippen molar-refractivity contribution < 1.29 is 9.18 Å². The molecule has 0 aliphatic carbocycles. The molecular formula is C14H20FN3OS. The highest BCUT2D eigenvalue weighted by atomic mass is 32.1. The first kappa shape index (κ1) is 16.5. The van der Waals surface area contributed by atoms with Crippen LogP contribution in [-0.4, -0.2) is 35.9 Å². The number of carbonyl (C=O) groups excluding carboxylic acids is 1. The van der Waals surface area contributed by atoms with E-state index in [1.54, 1.807) is 13.1 Å². The van der Waals surface area contributed by atoms with Crippen molar-refractivity contribution in [2.75, 3.05) is 20.1 Å². The van der Waals surface area contributed by atoms with Gasteiger partial charge in [-0.05, 0) is 37.2 Å². The zero-order chi connectivity index (χ0) is 15.1. The maximum atomic E-state index is 13.5. The number of likely N-dealkylation sites (N-methyl/N-ethyl adjacent to an activating group) is 1. The highest BCUT2D eigenvalue weighted by molar-refractivity contribution is 7.80. The number of halogens is 1. The van der Waals surface area contributed by atoms with Gasteiger partial charge < -0.3 is 11.1 Å². The number of hydrogen-bond acceptors (Lipinski definition) is 3. The van der Waals surface area contributed by atoms with Crippen LogP contribution in [0.5, 0.6) is 0 Å². The molecule has 4 nitrogen and oxygen atoms in total. The van der Waals surface area contributed by atoms with Crippen LogP contribution in [0.3, 0.4) is 0 Å². The monoisotopic (exact) mass is 297 g/mol. The molecule has 0 aliphatic rings. The second kappa shape index (κ2) is 7.91. The molecule has 0 radical (unpaired) electrons. The lowest BCUT2D eigenvalue weighted by molar-refractivity contribution is -0.122. The molecule has 6 heteroatoms. The predicted molar refractivity (Wildman–Crippen MR) is 81.9 cm³/mol. The normalized spacial score (nSPS) is 10.6. The third-order valence-corrected chi connectivity index (χ3v) is 2.92. The summed E-state index contributed by atoms with van der Waals surface area (Å²) in [5.41, 5.74) is 6.74. The molecule has 110 valence electrons. The summed E-state index contributed by atoms with van der Waals surface area (Å²) in [5.74, 6) is -0.422. The molecule has 0 atom stereocenters. The number of benzene rings is 1. The van der Waals surface area contributed by atoms with Crippen molar-refractivity contribution in [3.05, 3.63) is 35.1 Å². The van der Waals surface area contributed by atoms with Gasteiger partial charge in [0.1, 0.15) is 10.8 Å². The van der Waals surface area contributed by atoms with Crippen molar-refractivity contribution in [3.8, 4) is 0 Å². The highest BCUT2D eigenvalue weighted by Crippen LogP contribution is 2.11. The van der Waals surface area contributed by atoms with Crippen molar-refractivity contribution in [1.29, 1.82) is 0 Å². The van der Waals surface area contributed by atoms with Crippen molar-refractivity contribution in [1.82, 2.24) is 10.2 Å². The van der Waals surface area contributed by atoms with Crippen LogP contribution in [0.15, 0.2) is 18.2 Å². The van der Waals surface area contributed by atoms with Crippen LogP contribution in [0.2, 0.25) is 0 Å². The molecule has 1 aromatic carbocycles. The molecule has 0 spiro atoms. The van der Waals surface area contributed by atoms with E-state index in [-0.39, 0.29) is 23.3 Å². The van der Waals surface area contributed by atoms with Gasteiger partial charge in [-0.2, -0.15) is 0 Å². The Labute approximate surface area is 124 Å². The van der Waals surface area contributed by atoms with Gasteiger partial charge >= 0.3 is 0 Å². The number of rotatable bonds is 7. The Morgan fingerprint density at radius 1 is 1.45 bits per heavy atom. The predicted octanol–water partition coefficient (Wildman–Crippen LogP) is 1.42. The summed E-state index contributed by atoms with van der Waals surface area (Å²) in [6, 6.07) is 4.47. The van der Waals surface area contributed by atoms with E-state index in [0.717, 1.165) is 12.0 Å². The minimum atomic E-state index is -0.380. The fourth-order valence-corrected chi connectivity index (χ4v) is 1.93. The van der Waals surface area contributed by atoms with Gasteiger partial charge in [-0.1, -0.05) is 19.1 Å². The second-order valence-corrected chi connectivity index (χ2v) is 5.17. The maximum absolute atomic E-state index is 13.5. The zero-order valence-corrected chi connectivity index (χ0v) is 12.6. The van der Waals surface area contributed by atoms with Crippen molar-refractivity contribution in [2.45, 2.75) is 19.9 Å². The van der Waals surface area contributed by atoms with Gasteiger partial charge in [-0.15, -0.1) is 0 Å². The summed E-state index contributed by atoms with van der Waals surface area (Å²) in [5, 5.41) is 2.79. The van der Waals surface area contributed by atoms with Crippen LogP contribution in [-0.2, 0) is 11.3 Å². The fraction of sp³-hybridized carbons (Fsp3) is 0.429. The number of amides is 1. The molecule has 3 N–H and O–H groups in total. The Kier molecular flexibility index (Phi) is 6.54. The highest BCUT2D eigenvalue weighted by Gasteiger charge is 2.09. The average molecular weight is 297 g/mol. The number of nitrogens with two attached hydrogens (primary N) is 1.